The summed E-state index contributed by atoms with van der Waals surface area (Å²) in [4.78, 5) is 17.5. The topological polar surface area (TPSA) is 56.1 Å². The maximum absolute atomic E-state index is 13.6. The van der Waals surface area contributed by atoms with Gasteiger partial charge in [0.15, 0.2) is 0 Å². The molecule has 148 valence electrons. The van der Waals surface area contributed by atoms with Crippen LogP contribution >= 0.6 is 27.7 Å². The molecule has 0 unspecified atom stereocenters. The van der Waals surface area contributed by atoms with E-state index < -0.39 is 23.5 Å². The smallest absolute Gasteiger partial charge is 0.406 e. The largest absolute Gasteiger partial charge is 0.573 e. The number of benzene rings is 2. The van der Waals surface area contributed by atoms with E-state index in [0.717, 1.165) is 22.6 Å². The third-order valence-electron chi connectivity index (χ3n) is 3.50. The minimum absolute atomic E-state index is 0.107. The zero-order chi connectivity index (χ0) is 20.5. The molecule has 0 radical (unpaired) electrons. The van der Waals surface area contributed by atoms with Crippen molar-refractivity contribution >= 4 is 44.3 Å². The Bertz CT molecular complexity index is 1090. The molecule has 5 nitrogen and oxygen atoms in total. The predicted octanol–water partition coefficient (Wildman–Crippen LogP) is 5.18. The van der Waals surface area contributed by atoms with Gasteiger partial charge in [-0.25, -0.2) is 14.1 Å². The van der Waals surface area contributed by atoms with Gasteiger partial charge in [0, 0.05) is 9.37 Å². The third-order valence-corrected chi connectivity index (χ3v) is 5.06. The second-order valence-electron chi connectivity index (χ2n) is 5.45. The summed E-state index contributed by atoms with van der Waals surface area (Å²) >= 11 is 4.52. The number of aromatic nitrogens is 2. The lowest BCUT2D eigenvalue weighted by molar-refractivity contribution is -0.274. The summed E-state index contributed by atoms with van der Waals surface area (Å²) in [5.41, 5.74) is 2.57. The number of thioether (sulfide) groups is 1. The van der Waals surface area contributed by atoms with Crippen molar-refractivity contribution in [3.8, 4) is 5.75 Å². The number of halogens is 5. The van der Waals surface area contributed by atoms with Gasteiger partial charge in [0.05, 0.1) is 16.6 Å². The first kappa shape index (κ1) is 20.5. The molecule has 0 bridgehead atoms. The fourth-order valence-corrected chi connectivity index (χ4v) is 3.72. The van der Waals surface area contributed by atoms with Crippen LogP contribution in [-0.2, 0) is 0 Å². The Hall–Kier alpha value is -2.27. The maximum Gasteiger partial charge on any atom is 0.573 e. The highest BCUT2D eigenvalue weighted by atomic mass is 79.9. The summed E-state index contributed by atoms with van der Waals surface area (Å²) in [7, 11) is 0. The van der Waals surface area contributed by atoms with E-state index in [1.807, 2.05) is 6.92 Å². The molecule has 0 saturated carbocycles. The highest BCUT2D eigenvalue weighted by Crippen LogP contribution is 2.31. The monoisotopic (exact) mass is 477 g/mol. The van der Waals surface area contributed by atoms with Gasteiger partial charge in [0.1, 0.15) is 17.9 Å². The molecule has 3 aromatic rings. The first-order valence-electron chi connectivity index (χ1n) is 7.84. The van der Waals surface area contributed by atoms with Gasteiger partial charge < -0.3 is 4.74 Å². The number of anilines is 1. The van der Waals surface area contributed by atoms with Gasteiger partial charge in [-0.15, -0.1) is 24.9 Å². The molecule has 0 aliphatic heterocycles. The van der Waals surface area contributed by atoms with E-state index >= 15 is 0 Å². The number of fused-ring (bicyclic) bond motifs is 1. The van der Waals surface area contributed by atoms with Gasteiger partial charge in [-0.1, -0.05) is 6.92 Å². The lowest BCUT2D eigenvalue weighted by Crippen LogP contribution is -2.27. The van der Waals surface area contributed by atoms with Crippen LogP contribution in [-0.4, -0.2) is 21.8 Å². The average Bonchev–Trinajstić information content (AvgIpc) is 2.59. The Morgan fingerprint density at radius 3 is 2.71 bits per heavy atom. The fraction of sp³-hybridized carbons (Fsp3) is 0.176. The minimum atomic E-state index is -4.90. The van der Waals surface area contributed by atoms with Crippen LogP contribution in [0.5, 0.6) is 5.75 Å². The van der Waals surface area contributed by atoms with E-state index in [4.69, 9.17) is 0 Å². The number of rotatable bonds is 5. The highest BCUT2D eigenvalue weighted by molar-refractivity contribution is 9.10. The quantitative estimate of drug-likeness (QED) is 0.405. The lowest BCUT2D eigenvalue weighted by Gasteiger charge is -2.14. The minimum Gasteiger partial charge on any atom is -0.406 e. The van der Waals surface area contributed by atoms with Crippen LogP contribution in [0.1, 0.15) is 6.92 Å². The normalized spacial score (nSPS) is 11.6. The van der Waals surface area contributed by atoms with Gasteiger partial charge in [-0.3, -0.25) is 10.2 Å². The number of alkyl halides is 3. The van der Waals surface area contributed by atoms with Crippen molar-refractivity contribution in [1.29, 1.82) is 0 Å². The Labute approximate surface area is 168 Å². The first-order chi connectivity index (χ1) is 13.2. The van der Waals surface area contributed by atoms with Gasteiger partial charge in [0.25, 0.3) is 5.56 Å². The number of nitrogens with one attached hydrogen (secondary N) is 1. The molecule has 1 aromatic heterocycles. The van der Waals surface area contributed by atoms with Gasteiger partial charge >= 0.3 is 6.36 Å². The van der Waals surface area contributed by atoms with Crippen LogP contribution in [0.15, 0.2) is 50.8 Å². The first-order valence-corrected chi connectivity index (χ1v) is 9.62. The van der Waals surface area contributed by atoms with Crippen molar-refractivity contribution in [2.45, 2.75) is 18.2 Å². The van der Waals surface area contributed by atoms with Crippen molar-refractivity contribution in [2.75, 3.05) is 11.2 Å². The number of hydrogen-bond acceptors (Lipinski definition) is 5. The Morgan fingerprint density at radius 2 is 2.04 bits per heavy atom. The molecule has 0 aliphatic carbocycles. The van der Waals surface area contributed by atoms with Crippen LogP contribution in [0.2, 0.25) is 0 Å². The predicted molar refractivity (Wildman–Crippen MR) is 102 cm³/mol. The molecule has 0 aliphatic rings. The number of hydrogen-bond donors (Lipinski definition) is 1. The molecule has 11 heteroatoms. The molecular weight excluding hydrogens is 466 g/mol. The number of ether oxygens (including phenoxy) is 1. The summed E-state index contributed by atoms with van der Waals surface area (Å²) in [6.45, 7) is 1.92. The molecule has 1 N–H and O–H groups in total. The summed E-state index contributed by atoms with van der Waals surface area (Å²) in [6.07, 6.45) is -3.73. The summed E-state index contributed by atoms with van der Waals surface area (Å²) < 4.78 is 56.2. The molecule has 1 heterocycles. The highest BCUT2D eigenvalue weighted by Gasteiger charge is 2.31. The standard InChI is InChI=1S/C17H12BrF4N3O2S/c1-2-28-14-4-3-9(19)5-13(14)24-25-8-23-15-11(16(25)26)6-10(7-12(15)18)27-17(20,21)22/h3-8,24H,2H2,1H3. The van der Waals surface area contributed by atoms with Crippen molar-refractivity contribution in [3.63, 3.8) is 0 Å². The van der Waals surface area contributed by atoms with E-state index in [9.17, 15) is 22.4 Å². The fourth-order valence-electron chi connectivity index (χ4n) is 2.44. The van der Waals surface area contributed by atoms with Crippen molar-refractivity contribution in [3.05, 3.63) is 57.3 Å². The van der Waals surface area contributed by atoms with E-state index in [0.29, 0.717) is 10.6 Å². The Balaban J connectivity index is 2.07. The molecule has 2 aromatic carbocycles. The van der Waals surface area contributed by atoms with Crippen molar-refractivity contribution in [2.24, 2.45) is 0 Å². The lowest BCUT2D eigenvalue weighted by atomic mass is 10.2. The van der Waals surface area contributed by atoms with E-state index in [2.05, 4.69) is 31.1 Å². The average molecular weight is 478 g/mol. The van der Waals surface area contributed by atoms with Gasteiger partial charge in [-0.2, -0.15) is 0 Å². The van der Waals surface area contributed by atoms with E-state index in [-0.39, 0.29) is 15.4 Å². The van der Waals surface area contributed by atoms with E-state index in [1.54, 1.807) is 6.07 Å². The number of nitrogens with zero attached hydrogens (tertiary/aromatic N) is 2. The van der Waals surface area contributed by atoms with Crippen LogP contribution in [0.4, 0.5) is 23.2 Å². The molecule has 0 saturated heterocycles. The van der Waals surface area contributed by atoms with Crippen LogP contribution in [0.25, 0.3) is 10.9 Å². The summed E-state index contributed by atoms with van der Waals surface area (Å²) in [5, 5.41) is -0.107. The molecule has 3 rings (SSSR count). The zero-order valence-corrected chi connectivity index (χ0v) is 16.6. The molecular formula is C17H12BrF4N3O2S. The SMILES string of the molecule is CCSc1ccc(F)cc1Nn1cnc2c(Br)cc(OC(F)(F)F)cc2c1=O. The van der Waals surface area contributed by atoms with Crippen LogP contribution < -0.4 is 15.7 Å². The Morgan fingerprint density at radius 1 is 1.29 bits per heavy atom. The summed E-state index contributed by atoms with van der Waals surface area (Å²) in [6, 6.07) is 6.10. The third kappa shape index (κ3) is 4.58. The van der Waals surface area contributed by atoms with E-state index in [1.165, 1.54) is 30.2 Å². The molecule has 0 amide bonds. The molecule has 0 fully saturated rings. The van der Waals surface area contributed by atoms with Gasteiger partial charge in [0.2, 0.25) is 0 Å². The molecule has 28 heavy (non-hydrogen) atoms. The zero-order valence-electron chi connectivity index (χ0n) is 14.2. The second kappa shape index (κ2) is 8.00. The molecule has 0 atom stereocenters. The van der Waals surface area contributed by atoms with Crippen LogP contribution in [0.3, 0.4) is 0 Å². The van der Waals surface area contributed by atoms with Crippen molar-refractivity contribution < 1.29 is 22.3 Å². The van der Waals surface area contributed by atoms with Crippen molar-refractivity contribution in [1.82, 2.24) is 9.66 Å². The summed E-state index contributed by atoms with van der Waals surface area (Å²) in [5.74, 6) is -0.346. The van der Waals surface area contributed by atoms with Crippen LogP contribution in [0, 0.1) is 5.82 Å². The maximum atomic E-state index is 13.6. The molecule has 0 spiro atoms. The second-order valence-corrected chi connectivity index (χ2v) is 7.61. The Kier molecular flexibility index (Phi) is 5.84. The van der Waals surface area contributed by atoms with Gasteiger partial charge in [-0.05, 0) is 52.0 Å².